The molecule has 1 fully saturated rings. The highest BCUT2D eigenvalue weighted by atomic mass is 32.2. The summed E-state index contributed by atoms with van der Waals surface area (Å²) in [6.07, 6.45) is 1.86. The molecule has 1 aromatic carbocycles. The van der Waals surface area contributed by atoms with E-state index in [1.807, 2.05) is 30.3 Å². The van der Waals surface area contributed by atoms with Crippen molar-refractivity contribution in [2.75, 3.05) is 12.9 Å². The van der Waals surface area contributed by atoms with Crippen LogP contribution < -0.4 is 4.72 Å². The van der Waals surface area contributed by atoms with Crippen LogP contribution in [0.15, 0.2) is 30.3 Å². The quantitative estimate of drug-likeness (QED) is 0.766. The van der Waals surface area contributed by atoms with E-state index in [1.165, 1.54) is 6.26 Å². The molecule has 1 saturated heterocycles. The zero-order chi connectivity index (χ0) is 11.6. The van der Waals surface area contributed by atoms with Gasteiger partial charge >= 0.3 is 0 Å². The zero-order valence-corrected chi connectivity index (χ0v) is 9.91. The number of hydrogen-bond donors (Lipinski definition) is 1. The molecule has 1 aliphatic rings. The Labute approximate surface area is 95.7 Å². The van der Waals surface area contributed by atoms with E-state index < -0.39 is 10.0 Å². The SMILES string of the molecule is CS(=O)(=O)N[C@@H](Cc1ccccc1)[C@@H]1CO1. The third-order valence-corrected chi connectivity index (χ3v) is 3.20. The summed E-state index contributed by atoms with van der Waals surface area (Å²) < 4.78 is 30.2. The van der Waals surface area contributed by atoms with Crippen molar-refractivity contribution in [3.63, 3.8) is 0 Å². The Balaban J connectivity index is 2.04. The lowest BCUT2D eigenvalue weighted by molar-refractivity contribution is 0.359. The van der Waals surface area contributed by atoms with Gasteiger partial charge in [-0.3, -0.25) is 0 Å². The number of benzene rings is 1. The molecule has 2 rings (SSSR count). The Morgan fingerprint density at radius 1 is 1.44 bits per heavy atom. The molecule has 0 bridgehead atoms. The smallest absolute Gasteiger partial charge is 0.209 e. The molecule has 0 aliphatic carbocycles. The van der Waals surface area contributed by atoms with Gasteiger partial charge in [0.05, 0.1) is 25.0 Å². The van der Waals surface area contributed by atoms with E-state index in [4.69, 9.17) is 4.74 Å². The Hall–Kier alpha value is -0.910. The van der Waals surface area contributed by atoms with Crippen molar-refractivity contribution in [3.8, 4) is 0 Å². The lowest BCUT2D eigenvalue weighted by atomic mass is 10.0. The van der Waals surface area contributed by atoms with E-state index in [9.17, 15) is 8.42 Å². The number of nitrogens with one attached hydrogen (secondary N) is 1. The Bertz CT molecular complexity index is 440. The number of ether oxygens (including phenoxy) is 1. The second-order valence-corrected chi connectivity index (χ2v) is 5.84. The molecule has 1 aliphatic heterocycles. The molecule has 0 spiro atoms. The molecule has 1 aromatic rings. The molecule has 1 N–H and O–H groups in total. The molecule has 16 heavy (non-hydrogen) atoms. The molecule has 1 heterocycles. The van der Waals surface area contributed by atoms with Crippen LogP contribution in [0.2, 0.25) is 0 Å². The highest BCUT2D eigenvalue weighted by Crippen LogP contribution is 2.18. The predicted octanol–water partition coefficient (Wildman–Crippen LogP) is 0.546. The Kier molecular flexibility index (Phi) is 3.28. The molecule has 0 aromatic heterocycles. The minimum atomic E-state index is -3.18. The third kappa shape index (κ3) is 3.59. The van der Waals surface area contributed by atoms with Crippen LogP contribution in [0.5, 0.6) is 0 Å². The normalized spacial score (nSPS) is 21.7. The summed E-state index contributed by atoms with van der Waals surface area (Å²) in [5.41, 5.74) is 1.11. The maximum atomic E-state index is 11.2. The molecule has 4 nitrogen and oxygen atoms in total. The van der Waals surface area contributed by atoms with Crippen LogP contribution in [0.25, 0.3) is 0 Å². The summed E-state index contributed by atoms with van der Waals surface area (Å²) in [5, 5.41) is 0. The van der Waals surface area contributed by atoms with Crippen LogP contribution >= 0.6 is 0 Å². The number of rotatable bonds is 5. The highest BCUT2D eigenvalue weighted by molar-refractivity contribution is 7.88. The average Bonchev–Trinajstić information content (AvgIpc) is 2.99. The van der Waals surface area contributed by atoms with Gasteiger partial charge in [0.25, 0.3) is 0 Å². The second-order valence-electron chi connectivity index (χ2n) is 4.06. The van der Waals surface area contributed by atoms with Gasteiger partial charge < -0.3 is 4.74 Å². The summed E-state index contributed by atoms with van der Waals surface area (Å²) in [5.74, 6) is 0. The van der Waals surface area contributed by atoms with Crippen molar-refractivity contribution in [1.82, 2.24) is 4.72 Å². The lowest BCUT2D eigenvalue weighted by Gasteiger charge is -2.14. The fraction of sp³-hybridized carbons (Fsp3) is 0.455. The number of sulfonamides is 1. The summed E-state index contributed by atoms with van der Waals surface area (Å²) >= 11 is 0. The molecular weight excluding hydrogens is 226 g/mol. The van der Waals surface area contributed by atoms with Crippen LogP contribution in [0.3, 0.4) is 0 Å². The van der Waals surface area contributed by atoms with Crippen molar-refractivity contribution in [3.05, 3.63) is 35.9 Å². The second kappa shape index (κ2) is 4.53. The Morgan fingerprint density at radius 2 is 2.06 bits per heavy atom. The van der Waals surface area contributed by atoms with Gasteiger partial charge in [-0.05, 0) is 12.0 Å². The largest absolute Gasteiger partial charge is 0.371 e. The average molecular weight is 241 g/mol. The first-order chi connectivity index (χ1) is 7.54. The zero-order valence-electron chi connectivity index (χ0n) is 9.09. The molecule has 0 radical (unpaired) electrons. The fourth-order valence-corrected chi connectivity index (χ4v) is 2.46. The van der Waals surface area contributed by atoms with E-state index in [1.54, 1.807) is 0 Å². The first kappa shape index (κ1) is 11.6. The van der Waals surface area contributed by atoms with Crippen LogP contribution in [0, 0.1) is 0 Å². The van der Waals surface area contributed by atoms with E-state index in [0.717, 1.165) is 5.56 Å². The van der Waals surface area contributed by atoms with Gasteiger partial charge in [0.1, 0.15) is 0 Å². The van der Waals surface area contributed by atoms with Gasteiger partial charge in [0.2, 0.25) is 10.0 Å². The van der Waals surface area contributed by atoms with Crippen LogP contribution in [-0.4, -0.2) is 33.4 Å². The minimum Gasteiger partial charge on any atom is -0.371 e. The standard InChI is InChI=1S/C11H15NO3S/c1-16(13,14)12-10(11-8-15-11)7-9-5-3-2-4-6-9/h2-6,10-12H,7-8H2,1H3/t10-,11-/m0/s1. The molecule has 88 valence electrons. The van der Waals surface area contributed by atoms with Gasteiger partial charge in [0, 0.05) is 0 Å². The molecular formula is C11H15NO3S. The Morgan fingerprint density at radius 3 is 2.56 bits per heavy atom. The maximum absolute atomic E-state index is 11.2. The molecule has 2 atom stereocenters. The van der Waals surface area contributed by atoms with Crippen molar-refractivity contribution >= 4 is 10.0 Å². The van der Waals surface area contributed by atoms with Crippen molar-refractivity contribution in [2.24, 2.45) is 0 Å². The summed E-state index contributed by atoms with van der Waals surface area (Å²) in [4.78, 5) is 0. The van der Waals surface area contributed by atoms with Gasteiger partial charge in [-0.2, -0.15) is 0 Å². The topological polar surface area (TPSA) is 58.7 Å². The minimum absolute atomic E-state index is 0.0231. The van der Waals surface area contributed by atoms with Gasteiger partial charge in [0.15, 0.2) is 0 Å². The predicted molar refractivity (Wildman–Crippen MR) is 61.7 cm³/mol. The molecule has 0 unspecified atom stereocenters. The van der Waals surface area contributed by atoms with Gasteiger partial charge in [-0.15, -0.1) is 0 Å². The monoisotopic (exact) mass is 241 g/mol. The fourth-order valence-electron chi connectivity index (χ4n) is 1.68. The molecule has 0 amide bonds. The van der Waals surface area contributed by atoms with Crippen molar-refractivity contribution < 1.29 is 13.2 Å². The van der Waals surface area contributed by atoms with Gasteiger partial charge in [-0.25, -0.2) is 13.1 Å². The third-order valence-electron chi connectivity index (χ3n) is 2.47. The molecule has 5 heteroatoms. The lowest BCUT2D eigenvalue weighted by Crippen LogP contribution is -2.39. The molecule has 0 saturated carbocycles. The van der Waals surface area contributed by atoms with Crippen molar-refractivity contribution in [1.29, 1.82) is 0 Å². The summed E-state index contributed by atoms with van der Waals surface area (Å²) in [6, 6.07) is 9.65. The van der Waals surface area contributed by atoms with Crippen LogP contribution in [-0.2, 0) is 21.2 Å². The van der Waals surface area contributed by atoms with Crippen LogP contribution in [0.1, 0.15) is 5.56 Å². The van der Waals surface area contributed by atoms with E-state index in [-0.39, 0.29) is 12.1 Å². The summed E-state index contributed by atoms with van der Waals surface area (Å²) in [7, 11) is -3.18. The first-order valence-electron chi connectivity index (χ1n) is 5.17. The number of hydrogen-bond acceptors (Lipinski definition) is 3. The van der Waals surface area contributed by atoms with Crippen LogP contribution in [0.4, 0.5) is 0 Å². The van der Waals surface area contributed by atoms with Crippen molar-refractivity contribution in [2.45, 2.75) is 18.6 Å². The summed E-state index contributed by atoms with van der Waals surface area (Å²) in [6.45, 7) is 0.639. The maximum Gasteiger partial charge on any atom is 0.209 e. The van der Waals surface area contributed by atoms with E-state index >= 15 is 0 Å². The number of epoxide rings is 1. The highest BCUT2D eigenvalue weighted by Gasteiger charge is 2.34. The van der Waals surface area contributed by atoms with Gasteiger partial charge in [-0.1, -0.05) is 30.3 Å². The van der Waals surface area contributed by atoms with E-state index in [0.29, 0.717) is 13.0 Å². The first-order valence-corrected chi connectivity index (χ1v) is 7.06. The van der Waals surface area contributed by atoms with E-state index in [2.05, 4.69) is 4.72 Å².